The van der Waals surface area contributed by atoms with Gasteiger partial charge in [0.15, 0.2) is 23.1 Å². The first-order valence-corrected chi connectivity index (χ1v) is 10.3. The second kappa shape index (κ2) is 7.97. The average molecular weight is 410 g/mol. The third kappa shape index (κ3) is 3.60. The van der Waals surface area contributed by atoms with Crippen molar-refractivity contribution in [2.24, 2.45) is 5.92 Å². The molecule has 7 heteroatoms. The summed E-state index contributed by atoms with van der Waals surface area (Å²) in [5.74, 6) is 1.05. The molecule has 0 atom stereocenters. The Balaban J connectivity index is 1.43. The zero-order valence-electron chi connectivity index (χ0n) is 17.5. The van der Waals surface area contributed by atoms with Crippen LogP contribution in [-0.2, 0) is 0 Å². The van der Waals surface area contributed by atoms with Crippen molar-refractivity contribution in [1.29, 1.82) is 0 Å². The van der Waals surface area contributed by atoms with Crippen molar-refractivity contribution in [3.63, 3.8) is 0 Å². The molecule has 1 amide bonds. The Labute approximate surface area is 175 Å². The van der Waals surface area contributed by atoms with Gasteiger partial charge in [-0.05, 0) is 57.4 Å². The van der Waals surface area contributed by atoms with Crippen molar-refractivity contribution >= 4 is 17.5 Å². The maximum absolute atomic E-state index is 13.0. The number of aromatic nitrogens is 1. The molecule has 1 aromatic carbocycles. The van der Waals surface area contributed by atoms with E-state index in [1.165, 1.54) is 6.92 Å². The van der Waals surface area contributed by atoms with Crippen molar-refractivity contribution < 1.29 is 23.9 Å². The molecule has 0 spiro atoms. The van der Waals surface area contributed by atoms with E-state index in [0.29, 0.717) is 78.7 Å². The number of carbonyl (C=O) groups is 3. The fourth-order valence-electron chi connectivity index (χ4n) is 4.43. The summed E-state index contributed by atoms with van der Waals surface area (Å²) in [6, 6.07) is 5.31. The van der Waals surface area contributed by atoms with Crippen molar-refractivity contribution in [3.8, 4) is 11.5 Å². The van der Waals surface area contributed by atoms with Crippen LogP contribution in [0.2, 0.25) is 0 Å². The van der Waals surface area contributed by atoms with Gasteiger partial charge < -0.3 is 19.4 Å². The van der Waals surface area contributed by atoms with Crippen molar-refractivity contribution in [2.75, 3.05) is 26.3 Å². The predicted molar refractivity (Wildman–Crippen MR) is 111 cm³/mol. The molecule has 0 unspecified atom stereocenters. The standard InChI is InChI=1S/C23H26N2O5/c1-13-20(15(3)26)14(2)24-21(13)23(28)25-8-6-16(7-9-25)22(27)17-4-5-18-19(12-17)30-11-10-29-18/h4-5,12,16,24H,6-11H2,1-3H3. The molecular formula is C23H26N2O5. The van der Waals surface area contributed by atoms with Gasteiger partial charge in [0, 0.05) is 35.8 Å². The van der Waals surface area contributed by atoms with Crippen molar-refractivity contribution in [3.05, 3.63) is 46.3 Å². The molecule has 3 heterocycles. The molecule has 4 rings (SSSR count). The van der Waals surface area contributed by atoms with Crippen LogP contribution in [0.4, 0.5) is 0 Å². The fraction of sp³-hybridized carbons (Fsp3) is 0.435. The van der Waals surface area contributed by atoms with E-state index >= 15 is 0 Å². The number of benzene rings is 1. The number of piperidine rings is 1. The third-order valence-corrected chi connectivity index (χ3v) is 5.98. The number of aryl methyl sites for hydroxylation is 1. The van der Waals surface area contributed by atoms with Crippen LogP contribution in [0.3, 0.4) is 0 Å². The highest BCUT2D eigenvalue weighted by Crippen LogP contribution is 2.33. The van der Waals surface area contributed by atoms with Crippen molar-refractivity contribution in [2.45, 2.75) is 33.6 Å². The number of Topliss-reactive ketones (excluding diaryl/α,β-unsaturated/α-hetero) is 2. The maximum Gasteiger partial charge on any atom is 0.270 e. The lowest BCUT2D eigenvalue weighted by atomic mass is 9.88. The molecule has 1 N–H and O–H groups in total. The van der Waals surface area contributed by atoms with Gasteiger partial charge in [-0.3, -0.25) is 14.4 Å². The summed E-state index contributed by atoms with van der Waals surface area (Å²) in [6.45, 7) is 7.12. The van der Waals surface area contributed by atoms with Crippen LogP contribution in [-0.4, -0.2) is 53.7 Å². The number of rotatable bonds is 4. The molecule has 2 aromatic rings. The number of H-pyrrole nitrogens is 1. The SMILES string of the molecule is CC(=O)c1c(C)[nH]c(C(=O)N2CCC(C(=O)c3ccc4c(c3)OCCO4)CC2)c1C. The minimum atomic E-state index is -0.129. The van der Waals surface area contributed by atoms with E-state index in [0.717, 1.165) is 0 Å². The van der Waals surface area contributed by atoms with Gasteiger partial charge in [-0.1, -0.05) is 0 Å². The molecule has 0 bridgehead atoms. The number of ether oxygens (including phenoxy) is 2. The molecule has 158 valence electrons. The Morgan fingerprint density at radius 1 is 1.03 bits per heavy atom. The van der Waals surface area contributed by atoms with Gasteiger partial charge in [0.25, 0.3) is 5.91 Å². The van der Waals surface area contributed by atoms with Gasteiger partial charge >= 0.3 is 0 Å². The first-order valence-electron chi connectivity index (χ1n) is 10.3. The van der Waals surface area contributed by atoms with E-state index in [1.54, 1.807) is 36.9 Å². The first-order chi connectivity index (χ1) is 14.4. The molecule has 0 aliphatic carbocycles. The zero-order chi connectivity index (χ0) is 21.4. The van der Waals surface area contributed by atoms with Gasteiger partial charge in [-0.2, -0.15) is 0 Å². The molecule has 1 saturated heterocycles. The van der Waals surface area contributed by atoms with E-state index < -0.39 is 0 Å². The van der Waals surface area contributed by atoms with Crippen LogP contribution in [0.5, 0.6) is 11.5 Å². The van der Waals surface area contributed by atoms with Crippen LogP contribution >= 0.6 is 0 Å². The van der Waals surface area contributed by atoms with Crippen molar-refractivity contribution in [1.82, 2.24) is 9.88 Å². The Kier molecular flexibility index (Phi) is 5.37. The summed E-state index contributed by atoms with van der Waals surface area (Å²) in [5, 5.41) is 0. The van der Waals surface area contributed by atoms with Crippen LogP contribution < -0.4 is 9.47 Å². The number of nitrogens with zero attached hydrogens (tertiary/aromatic N) is 1. The van der Waals surface area contributed by atoms with E-state index in [1.807, 2.05) is 0 Å². The number of ketones is 2. The number of fused-ring (bicyclic) bond motifs is 1. The number of hydrogen-bond donors (Lipinski definition) is 1. The van der Waals surface area contributed by atoms with Gasteiger partial charge in [-0.25, -0.2) is 0 Å². The Hall–Kier alpha value is -3.09. The Morgan fingerprint density at radius 2 is 1.70 bits per heavy atom. The van der Waals surface area contributed by atoms with Gasteiger partial charge in [0.1, 0.15) is 18.9 Å². The minimum Gasteiger partial charge on any atom is -0.486 e. The second-order valence-corrected chi connectivity index (χ2v) is 7.97. The summed E-state index contributed by atoms with van der Waals surface area (Å²) >= 11 is 0. The van der Waals surface area contributed by atoms with Crippen LogP contribution in [0, 0.1) is 19.8 Å². The third-order valence-electron chi connectivity index (χ3n) is 5.98. The number of amides is 1. The topological polar surface area (TPSA) is 88.7 Å². The maximum atomic E-state index is 13.0. The highest BCUT2D eigenvalue weighted by molar-refractivity contribution is 6.03. The predicted octanol–water partition coefficient (Wildman–Crippen LogP) is 3.34. The number of nitrogens with one attached hydrogen (secondary N) is 1. The molecule has 0 saturated carbocycles. The molecule has 0 radical (unpaired) electrons. The van der Waals surface area contributed by atoms with E-state index in [-0.39, 0.29) is 23.4 Å². The molecule has 1 aromatic heterocycles. The highest BCUT2D eigenvalue weighted by atomic mass is 16.6. The highest BCUT2D eigenvalue weighted by Gasteiger charge is 2.31. The van der Waals surface area contributed by atoms with Crippen LogP contribution in [0.15, 0.2) is 18.2 Å². The number of carbonyl (C=O) groups excluding carboxylic acids is 3. The largest absolute Gasteiger partial charge is 0.486 e. The zero-order valence-corrected chi connectivity index (χ0v) is 17.5. The normalized spacial score (nSPS) is 16.4. The fourth-order valence-corrected chi connectivity index (χ4v) is 4.43. The lowest BCUT2D eigenvalue weighted by Gasteiger charge is -2.31. The van der Waals surface area contributed by atoms with E-state index in [4.69, 9.17) is 9.47 Å². The van der Waals surface area contributed by atoms with Crippen LogP contribution in [0.1, 0.15) is 62.2 Å². The molecule has 2 aliphatic heterocycles. The summed E-state index contributed by atoms with van der Waals surface area (Å²) in [5.41, 5.74) is 3.08. The number of hydrogen-bond acceptors (Lipinski definition) is 5. The Bertz CT molecular complexity index is 1010. The lowest BCUT2D eigenvalue weighted by Crippen LogP contribution is -2.40. The summed E-state index contributed by atoms with van der Waals surface area (Å²) < 4.78 is 11.1. The average Bonchev–Trinajstić information content (AvgIpc) is 3.06. The minimum absolute atomic E-state index is 0.0518. The van der Waals surface area contributed by atoms with Gasteiger partial charge in [0.2, 0.25) is 0 Å². The molecule has 2 aliphatic rings. The van der Waals surface area contributed by atoms with Crippen LogP contribution in [0.25, 0.3) is 0 Å². The lowest BCUT2D eigenvalue weighted by molar-refractivity contribution is 0.0645. The molecule has 1 fully saturated rings. The summed E-state index contributed by atoms with van der Waals surface area (Å²) in [6.07, 6.45) is 1.22. The molecule has 7 nitrogen and oxygen atoms in total. The van der Waals surface area contributed by atoms with E-state index in [2.05, 4.69) is 4.98 Å². The molecular weight excluding hydrogens is 384 g/mol. The first kappa shape index (κ1) is 20.2. The molecule has 30 heavy (non-hydrogen) atoms. The smallest absolute Gasteiger partial charge is 0.270 e. The summed E-state index contributed by atoms with van der Waals surface area (Å²) in [4.78, 5) is 42.6. The van der Waals surface area contributed by atoms with Gasteiger partial charge in [0.05, 0.1) is 0 Å². The second-order valence-electron chi connectivity index (χ2n) is 7.97. The van der Waals surface area contributed by atoms with Gasteiger partial charge in [-0.15, -0.1) is 0 Å². The quantitative estimate of drug-likeness (QED) is 0.781. The number of likely N-dealkylation sites (tertiary alicyclic amines) is 1. The number of aromatic amines is 1. The Morgan fingerprint density at radius 3 is 2.33 bits per heavy atom. The summed E-state index contributed by atoms with van der Waals surface area (Å²) in [7, 11) is 0. The monoisotopic (exact) mass is 410 g/mol. The van der Waals surface area contributed by atoms with E-state index in [9.17, 15) is 14.4 Å².